The van der Waals surface area contributed by atoms with Crippen LogP contribution in [0.3, 0.4) is 0 Å². The van der Waals surface area contributed by atoms with Gasteiger partial charge in [0.05, 0.1) is 5.35 Å². The highest BCUT2D eigenvalue weighted by atomic mass is 14.6. The monoisotopic (exact) mass is 219 g/mol. The zero-order valence-electron chi connectivity index (χ0n) is 11.3. The number of hydrogen-bond donors (Lipinski definition) is 0. The first kappa shape index (κ1) is 17.0. The molecule has 0 aliphatic carbocycles. The maximum absolute atomic E-state index is 4.18. The van der Waals surface area contributed by atoms with Crippen LogP contribution in [0.2, 0.25) is 0 Å². The molecule has 0 bridgehead atoms. The topological polar surface area (TPSA) is 12.9 Å². The van der Waals surface area contributed by atoms with Gasteiger partial charge in [-0.2, -0.15) is 0 Å². The summed E-state index contributed by atoms with van der Waals surface area (Å²) in [6, 6.07) is 3.94. The lowest BCUT2D eigenvalue weighted by Crippen LogP contribution is -2.26. The highest BCUT2D eigenvalue weighted by Gasteiger charge is 1.79. The molecule has 16 heavy (non-hydrogen) atoms. The Labute approximate surface area is 100 Å². The van der Waals surface area contributed by atoms with E-state index in [1.54, 1.807) is 12.3 Å². The fraction of sp³-hybridized carbons (Fsp3) is 0.400. The van der Waals surface area contributed by atoms with Gasteiger partial charge in [-0.05, 0) is 18.2 Å². The van der Waals surface area contributed by atoms with Crippen molar-refractivity contribution >= 4 is 12.2 Å². The van der Waals surface area contributed by atoms with Gasteiger partial charge in [0.2, 0.25) is 0 Å². The van der Waals surface area contributed by atoms with Crippen LogP contribution in [0.15, 0.2) is 31.0 Å². The second-order valence-electron chi connectivity index (χ2n) is 2.88. The van der Waals surface area contributed by atoms with Gasteiger partial charge in [0.1, 0.15) is 0 Å². The molecule has 0 unspecified atom stereocenters. The standard InChI is InChI=1S/C10H11N.C3H8.C2H6/c1-3-6-9-7-5-8-11-10(9)4-2;1-3-2;1-2/h3-8H,1H2,2H3;3H2,1-2H3;1-2H3/b9-6-,10-4+;;. The minimum atomic E-state index is 1.01. The van der Waals surface area contributed by atoms with Crippen LogP contribution in [-0.4, -0.2) is 4.98 Å². The fourth-order valence-corrected chi connectivity index (χ4v) is 0.939. The predicted molar refractivity (Wildman–Crippen MR) is 75.6 cm³/mol. The van der Waals surface area contributed by atoms with Gasteiger partial charge >= 0.3 is 0 Å². The molecule has 0 aliphatic heterocycles. The lowest BCUT2D eigenvalue weighted by Gasteiger charge is -1.85. The van der Waals surface area contributed by atoms with E-state index in [9.17, 15) is 0 Å². The molecule has 1 aromatic heterocycles. The molecule has 1 nitrogen and oxygen atoms in total. The molecule has 90 valence electrons. The van der Waals surface area contributed by atoms with Crippen LogP contribution in [-0.2, 0) is 0 Å². The largest absolute Gasteiger partial charge is 0.257 e. The lowest BCUT2D eigenvalue weighted by molar-refractivity contribution is 1.09. The molecule has 0 fully saturated rings. The van der Waals surface area contributed by atoms with Crippen LogP contribution in [0.1, 0.15) is 41.0 Å². The minimum absolute atomic E-state index is 1.01. The molecule has 1 rings (SSSR count). The van der Waals surface area contributed by atoms with Crippen molar-refractivity contribution in [2.24, 2.45) is 0 Å². The zero-order valence-corrected chi connectivity index (χ0v) is 11.3. The quantitative estimate of drug-likeness (QED) is 0.706. The summed E-state index contributed by atoms with van der Waals surface area (Å²) in [5.41, 5.74) is 0. The molecule has 0 saturated carbocycles. The fourth-order valence-electron chi connectivity index (χ4n) is 0.939. The molecule has 1 heteroatoms. The van der Waals surface area contributed by atoms with Crippen LogP contribution >= 0.6 is 0 Å². The summed E-state index contributed by atoms with van der Waals surface area (Å²) >= 11 is 0. The Morgan fingerprint density at radius 2 is 1.88 bits per heavy atom. The van der Waals surface area contributed by atoms with Crippen molar-refractivity contribution in [3.8, 4) is 0 Å². The number of nitrogens with zero attached hydrogens (tertiary/aromatic N) is 1. The second-order valence-corrected chi connectivity index (χ2v) is 2.88. The van der Waals surface area contributed by atoms with Crippen molar-refractivity contribution in [3.05, 3.63) is 41.6 Å². The first-order valence-electron chi connectivity index (χ1n) is 6.00. The van der Waals surface area contributed by atoms with Crippen molar-refractivity contribution < 1.29 is 0 Å². The van der Waals surface area contributed by atoms with Crippen molar-refractivity contribution in [3.63, 3.8) is 0 Å². The molecule has 0 spiro atoms. The molecule has 0 amide bonds. The maximum atomic E-state index is 4.18. The normalized spacial score (nSPS) is 10.8. The molecule has 0 aromatic carbocycles. The first-order valence-corrected chi connectivity index (χ1v) is 6.00. The number of pyridine rings is 1. The van der Waals surface area contributed by atoms with E-state index in [0.29, 0.717) is 0 Å². The van der Waals surface area contributed by atoms with Crippen LogP contribution in [0.25, 0.3) is 12.2 Å². The number of aromatic nitrogens is 1. The van der Waals surface area contributed by atoms with E-state index in [0.717, 1.165) is 10.6 Å². The summed E-state index contributed by atoms with van der Waals surface area (Å²) in [6.45, 7) is 13.9. The number of allylic oxidation sites excluding steroid dienone is 1. The van der Waals surface area contributed by atoms with Crippen LogP contribution in [0.4, 0.5) is 0 Å². The Morgan fingerprint density at radius 3 is 2.31 bits per heavy atom. The third kappa shape index (κ3) is 7.98. The van der Waals surface area contributed by atoms with Crippen LogP contribution in [0.5, 0.6) is 0 Å². The average molecular weight is 219 g/mol. The van der Waals surface area contributed by atoms with Gasteiger partial charge in [0.25, 0.3) is 0 Å². The molecule has 0 N–H and O–H groups in total. The van der Waals surface area contributed by atoms with E-state index in [1.807, 2.05) is 45.1 Å². The Kier molecular flexibility index (Phi) is 14.5. The minimum Gasteiger partial charge on any atom is -0.257 e. The molecule has 1 heterocycles. The first-order chi connectivity index (χ1) is 7.79. The average Bonchev–Trinajstić information content (AvgIpc) is 2.34. The zero-order chi connectivity index (χ0) is 12.8. The van der Waals surface area contributed by atoms with Gasteiger partial charge in [0.15, 0.2) is 0 Å². The second kappa shape index (κ2) is 13.6. The summed E-state index contributed by atoms with van der Waals surface area (Å²) in [7, 11) is 0. The Bertz CT molecular complexity index is 363. The van der Waals surface area contributed by atoms with Crippen molar-refractivity contribution in [2.75, 3.05) is 0 Å². The highest BCUT2D eigenvalue weighted by Crippen LogP contribution is 1.68. The van der Waals surface area contributed by atoms with E-state index in [-0.39, 0.29) is 0 Å². The summed E-state index contributed by atoms with van der Waals surface area (Å²) in [4.78, 5) is 4.18. The van der Waals surface area contributed by atoms with Crippen molar-refractivity contribution in [1.82, 2.24) is 4.98 Å². The summed E-state index contributed by atoms with van der Waals surface area (Å²) in [6.07, 6.45) is 8.73. The van der Waals surface area contributed by atoms with Gasteiger partial charge in [0, 0.05) is 6.20 Å². The van der Waals surface area contributed by atoms with E-state index >= 15 is 0 Å². The highest BCUT2D eigenvalue weighted by molar-refractivity contribution is 5.35. The van der Waals surface area contributed by atoms with Gasteiger partial charge in [-0.15, -0.1) is 0 Å². The maximum Gasteiger partial charge on any atom is 0.0659 e. The number of hydrogen-bond acceptors (Lipinski definition) is 1. The SMILES string of the molecule is C=C/C=c1/cccn/c1=C/C.CC.CCC. The summed E-state index contributed by atoms with van der Waals surface area (Å²) < 4.78 is 0. The molecule has 0 radical (unpaired) electrons. The third-order valence-electron chi connectivity index (χ3n) is 1.44. The van der Waals surface area contributed by atoms with Crippen LogP contribution < -0.4 is 10.6 Å². The smallest absolute Gasteiger partial charge is 0.0659 e. The van der Waals surface area contributed by atoms with E-state index in [4.69, 9.17) is 0 Å². The van der Waals surface area contributed by atoms with E-state index in [2.05, 4.69) is 25.4 Å². The summed E-state index contributed by atoms with van der Waals surface area (Å²) in [5.74, 6) is 0. The third-order valence-corrected chi connectivity index (χ3v) is 1.44. The molecular weight excluding hydrogens is 194 g/mol. The molecule has 0 aliphatic rings. The molecule has 1 aromatic rings. The summed E-state index contributed by atoms with van der Waals surface area (Å²) in [5, 5.41) is 2.12. The van der Waals surface area contributed by atoms with Gasteiger partial charge in [-0.25, -0.2) is 0 Å². The molecule has 0 atom stereocenters. The van der Waals surface area contributed by atoms with Crippen LogP contribution in [0, 0.1) is 0 Å². The molecule has 0 saturated heterocycles. The lowest BCUT2D eigenvalue weighted by atomic mass is 10.3. The van der Waals surface area contributed by atoms with Crippen molar-refractivity contribution in [1.29, 1.82) is 0 Å². The van der Waals surface area contributed by atoms with Crippen molar-refractivity contribution in [2.45, 2.75) is 41.0 Å². The Hall–Kier alpha value is -1.37. The van der Waals surface area contributed by atoms with Gasteiger partial charge in [-0.3, -0.25) is 4.98 Å². The number of rotatable bonds is 1. The van der Waals surface area contributed by atoms with E-state index < -0.39 is 0 Å². The predicted octanol–water partition coefficient (Wildman–Crippen LogP) is 3.29. The Balaban J connectivity index is 0. The Morgan fingerprint density at radius 1 is 1.31 bits per heavy atom. The molecular formula is C15H25N. The van der Waals surface area contributed by atoms with Gasteiger partial charge in [-0.1, -0.05) is 65.0 Å². The van der Waals surface area contributed by atoms with Gasteiger partial charge < -0.3 is 0 Å². The van der Waals surface area contributed by atoms with E-state index in [1.165, 1.54) is 6.42 Å².